The van der Waals surface area contributed by atoms with E-state index in [9.17, 15) is 9.18 Å². The monoisotopic (exact) mass is 258 g/mol. The van der Waals surface area contributed by atoms with Gasteiger partial charge in [0.1, 0.15) is 5.82 Å². The van der Waals surface area contributed by atoms with Crippen molar-refractivity contribution in [2.75, 3.05) is 6.54 Å². The molecule has 0 aliphatic heterocycles. The van der Waals surface area contributed by atoms with E-state index in [4.69, 9.17) is 0 Å². The Bertz CT molecular complexity index is 570. The maximum atomic E-state index is 13.3. The van der Waals surface area contributed by atoms with Gasteiger partial charge in [0.05, 0.1) is 0 Å². The van der Waals surface area contributed by atoms with Crippen LogP contribution in [0.5, 0.6) is 0 Å². The number of hydrogen-bond acceptors (Lipinski definition) is 2. The van der Waals surface area contributed by atoms with E-state index >= 15 is 0 Å². The van der Waals surface area contributed by atoms with Crippen molar-refractivity contribution in [1.29, 1.82) is 0 Å². The maximum Gasteiger partial charge on any atom is 0.251 e. The highest BCUT2D eigenvalue weighted by Crippen LogP contribution is 2.08. The smallest absolute Gasteiger partial charge is 0.251 e. The number of aryl methyl sites for hydroxylation is 1. The van der Waals surface area contributed by atoms with Gasteiger partial charge in [0, 0.05) is 30.4 Å². The highest BCUT2D eigenvalue weighted by molar-refractivity contribution is 5.94. The zero-order valence-electron chi connectivity index (χ0n) is 10.7. The van der Waals surface area contributed by atoms with Gasteiger partial charge < -0.3 is 5.32 Å². The molecule has 1 aromatic carbocycles. The molecule has 1 N–H and O–H groups in total. The summed E-state index contributed by atoms with van der Waals surface area (Å²) in [5, 5.41) is 2.75. The number of carbonyl (C=O) groups is 1. The van der Waals surface area contributed by atoms with Gasteiger partial charge in [-0.15, -0.1) is 0 Å². The molecule has 2 aromatic rings. The van der Waals surface area contributed by atoms with Gasteiger partial charge in [-0.1, -0.05) is 12.1 Å². The van der Waals surface area contributed by atoms with Gasteiger partial charge in [-0.25, -0.2) is 4.39 Å². The molecular weight excluding hydrogens is 243 g/mol. The minimum Gasteiger partial charge on any atom is -0.352 e. The van der Waals surface area contributed by atoms with Crippen LogP contribution in [0.25, 0.3) is 0 Å². The minimum absolute atomic E-state index is 0.269. The number of nitrogens with one attached hydrogen (secondary N) is 1. The van der Waals surface area contributed by atoms with Gasteiger partial charge >= 0.3 is 0 Å². The van der Waals surface area contributed by atoms with Crippen molar-refractivity contribution >= 4 is 5.91 Å². The van der Waals surface area contributed by atoms with Gasteiger partial charge in [0.25, 0.3) is 5.91 Å². The molecule has 19 heavy (non-hydrogen) atoms. The first-order valence-electron chi connectivity index (χ1n) is 6.11. The predicted octanol–water partition coefficient (Wildman–Crippen LogP) is 2.50. The van der Waals surface area contributed by atoms with E-state index in [1.54, 1.807) is 25.3 Å². The summed E-state index contributed by atoms with van der Waals surface area (Å²) in [5.74, 6) is -0.632. The number of carbonyl (C=O) groups excluding carboxylic acids is 1. The van der Waals surface area contributed by atoms with Crippen LogP contribution < -0.4 is 5.32 Å². The van der Waals surface area contributed by atoms with Crippen molar-refractivity contribution in [2.45, 2.75) is 13.3 Å². The van der Waals surface area contributed by atoms with Gasteiger partial charge in [0.15, 0.2) is 0 Å². The number of pyridine rings is 1. The van der Waals surface area contributed by atoms with E-state index in [-0.39, 0.29) is 11.7 Å². The van der Waals surface area contributed by atoms with Crippen LogP contribution in [0.2, 0.25) is 0 Å². The third-order valence-corrected chi connectivity index (χ3v) is 2.83. The first-order chi connectivity index (χ1) is 9.16. The summed E-state index contributed by atoms with van der Waals surface area (Å²) < 4.78 is 13.3. The normalized spacial score (nSPS) is 10.2. The topological polar surface area (TPSA) is 42.0 Å². The lowest BCUT2D eigenvalue weighted by Crippen LogP contribution is -2.26. The van der Waals surface area contributed by atoms with Crippen LogP contribution >= 0.6 is 0 Å². The van der Waals surface area contributed by atoms with Crippen LogP contribution in [0.3, 0.4) is 0 Å². The van der Waals surface area contributed by atoms with Crippen molar-refractivity contribution < 1.29 is 9.18 Å². The van der Waals surface area contributed by atoms with Crippen LogP contribution in [0.15, 0.2) is 42.6 Å². The molecule has 0 fully saturated rings. The Kier molecular flexibility index (Phi) is 4.23. The Balaban J connectivity index is 1.89. The van der Waals surface area contributed by atoms with Gasteiger partial charge in [0.2, 0.25) is 0 Å². The summed E-state index contributed by atoms with van der Waals surface area (Å²) in [6, 6.07) is 10.1. The SMILES string of the molecule is Cc1ccc(C(=O)NCCc2ccccn2)cc1F. The van der Waals surface area contributed by atoms with Crippen LogP contribution in [-0.4, -0.2) is 17.4 Å². The number of aromatic nitrogens is 1. The highest BCUT2D eigenvalue weighted by atomic mass is 19.1. The molecule has 0 aliphatic rings. The fraction of sp³-hybridized carbons (Fsp3) is 0.200. The fourth-order valence-corrected chi connectivity index (χ4v) is 1.69. The molecule has 0 radical (unpaired) electrons. The molecule has 3 nitrogen and oxygen atoms in total. The number of amides is 1. The van der Waals surface area contributed by atoms with E-state index in [2.05, 4.69) is 10.3 Å². The molecule has 0 aliphatic carbocycles. The molecule has 1 heterocycles. The first-order valence-corrected chi connectivity index (χ1v) is 6.11. The molecule has 4 heteroatoms. The summed E-state index contributed by atoms with van der Waals surface area (Å²) in [4.78, 5) is 16.0. The lowest BCUT2D eigenvalue weighted by Gasteiger charge is -2.06. The van der Waals surface area contributed by atoms with E-state index < -0.39 is 0 Å². The molecule has 0 bridgehead atoms. The zero-order valence-corrected chi connectivity index (χ0v) is 10.7. The van der Waals surface area contributed by atoms with E-state index in [0.29, 0.717) is 24.1 Å². The summed E-state index contributed by atoms with van der Waals surface area (Å²) >= 11 is 0. The first kappa shape index (κ1) is 13.2. The molecule has 2 rings (SSSR count). The molecule has 0 saturated heterocycles. The summed E-state index contributed by atoms with van der Waals surface area (Å²) in [6.07, 6.45) is 2.37. The fourth-order valence-electron chi connectivity index (χ4n) is 1.69. The van der Waals surface area contributed by atoms with Crippen LogP contribution in [0.1, 0.15) is 21.6 Å². The standard InChI is InChI=1S/C15H15FN2O/c1-11-5-6-12(10-14(11)16)15(19)18-9-7-13-4-2-3-8-17-13/h2-6,8,10H,7,9H2,1H3,(H,18,19). The summed E-state index contributed by atoms with van der Waals surface area (Å²) in [7, 11) is 0. The van der Waals surface area contributed by atoms with Crippen molar-refractivity contribution in [3.05, 3.63) is 65.2 Å². The molecule has 98 valence electrons. The van der Waals surface area contributed by atoms with Crippen molar-refractivity contribution in [3.63, 3.8) is 0 Å². The minimum atomic E-state index is -0.364. The Morgan fingerprint density at radius 1 is 1.32 bits per heavy atom. The number of halogens is 1. The Morgan fingerprint density at radius 3 is 2.84 bits per heavy atom. The van der Waals surface area contributed by atoms with Crippen LogP contribution in [0, 0.1) is 12.7 Å². The maximum absolute atomic E-state index is 13.3. The zero-order chi connectivity index (χ0) is 13.7. The largest absolute Gasteiger partial charge is 0.352 e. The van der Waals surface area contributed by atoms with Crippen LogP contribution in [0.4, 0.5) is 4.39 Å². The Morgan fingerprint density at radius 2 is 2.16 bits per heavy atom. The van der Waals surface area contributed by atoms with Crippen molar-refractivity contribution in [2.24, 2.45) is 0 Å². The van der Waals surface area contributed by atoms with Crippen LogP contribution in [-0.2, 0) is 6.42 Å². The third-order valence-electron chi connectivity index (χ3n) is 2.83. The average Bonchev–Trinajstić information content (AvgIpc) is 2.43. The molecule has 0 unspecified atom stereocenters. The summed E-state index contributed by atoms with van der Waals surface area (Å²) in [6.45, 7) is 2.14. The highest BCUT2D eigenvalue weighted by Gasteiger charge is 2.07. The van der Waals surface area contributed by atoms with E-state index in [1.165, 1.54) is 6.07 Å². The second kappa shape index (κ2) is 6.09. The molecule has 1 amide bonds. The van der Waals surface area contributed by atoms with E-state index in [1.807, 2.05) is 18.2 Å². The van der Waals surface area contributed by atoms with Crippen molar-refractivity contribution in [1.82, 2.24) is 10.3 Å². The van der Waals surface area contributed by atoms with Gasteiger partial charge in [-0.3, -0.25) is 9.78 Å². The number of nitrogens with zero attached hydrogens (tertiary/aromatic N) is 1. The molecule has 0 saturated carbocycles. The average molecular weight is 258 g/mol. The number of benzene rings is 1. The number of rotatable bonds is 4. The predicted molar refractivity (Wildman–Crippen MR) is 71.4 cm³/mol. The lowest BCUT2D eigenvalue weighted by atomic mass is 10.1. The second-order valence-corrected chi connectivity index (χ2v) is 4.29. The second-order valence-electron chi connectivity index (χ2n) is 4.29. The Labute approximate surface area is 111 Å². The van der Waals surface area contributed by atoms with Gasteiger partial charge in [-0.05, 0) is 36.8 Å². The van der Waals surface area contributed by atoms with Crippen molar-refractivity contribution in [3.8, 4) is 0 Å². The lowest BCUT2D eigenvalue weighted by molar-refractivity contribution is 0.0953. The number of hydrogen-bond donors (Lipinski definition) is 1. The van der Waals surface area contributed by atoms with Gasteiger partial charge in [-0.2, -0.15) is 0 Å². The quantitative estimate of drug-likeness (QED) is 0.915. The van der Waals surface area contributed by atoms with E-state index in [0.717, 1.165) is 5.69 Å². The molecule has 0 spiro atoms. The third kappa shape index (κ3) is 3.61. The summed E-state index contributed by atoms with van der Waals surface area (Å²) in [5.41, 5.74) is 1.78. The molecule has 0 atom stereocenters. The molecular formula is C15H15FN2O. The Hall–Kier alpha value is -2.23. The molecule has 1 aromatic heterocycles.